The van der Waals surface area contributed by atoms with Crippen molar-refractivity contribution < 1.29 is 29.0 Å². The van der Waals surface area contributed by atoms with Gasteiger partial charge in [0, 0.05) is 0 Å². The van der Waals surface area contributed by atoms with E-state index in [2.05, 4.69) is 9.72 Å². The number of carboxylic acid groups (broad SMARTS) is 1. The van der Waals surface area contributed by atoms with Crippen LogP contribution in [0, 0.1) is 0 Å². The number of aliphatic carboxylic acids is 1. The molecule has 0 saturated carbocycles. The lowest BCUT2D eigenvalue weighted by molar-refractivity contribution is -0.148. The average Bonchev–Trinajstić information content (AvgIpc) is 2.79. The molecule has 0 fully saturated rings. The minimum absolute atomic E-state index is 0.259. The van der Waals surface area contributed by atoms with Gasteiger partial charge in [0.2, 0.25) is 12.0 Å². The topological polar surface area (TPSA) is 110 Å². The van der Waals surface area contributed by atoms with E-state index < -0.39 is 18.0 Å². The summed E-state index contributed by atoms with van der Waals surface area (Å²) < 4.78 is 9.60. The summed E-state index contributed by atoms with van der Waals surface area (Å²) in [6.45, 7) is 0. The molecule has 1 unspecified atom stereocenters. The van der Waals surface area contributed by atoms with E-state index in [1.165, 1.54) is 25.3 Å². The lowest BCUT2D eigenvalue weighted by Crippen LogP contribution is -2.10. The van der Waals surface area contributed by atoms with E-state index in [0.29, 0.717) is 0 Å². The van der Waals surface area contributed by atoms with Gasteiger partial charge >= 0.3 is 11.9 Å². The van der Waals surface area contributed by atoms with Crippen molar-refractivity contribution in [3.8, 4) is 0 Å². The fourth-order valence-corrected chi connectivity index (χ4v) is 1.41. The van der Waals surface area contributed by atoms with Crippen LogP contribution < -0.4 is 0 Å². The second-order valence-corrected chi connectivity index (χ2v) is 3.47. The molecule has 7 nitrogen and oxygen atoms in total. The number of oxazole rings is 1. The van der Waals surface area contributed by atoms with E-state index in [1.54, 1.807) is 0 Å². The van der Waals surface area contributed by atoms with Gasteiger partial charge in [-0.3, -0.25) is 0 Å². The Balaban J connectivity index is 2.46. The SMILES string of the molecule is COC(=O)c1ccc2oc(C(O)C(=O)O)nc2c1. The van der Waals surface area contributed by atoms with Gasteiger partial charge in [0.15, 0.2) is 5.58 Å². The summed E-state index contributed by atoms with van der Waals surface area (Å²) in [5.41, 5.74) is 0.806. The molecule has 7 heteroatoms. The maximum atomic E-state index is 11.3. The summed E-state index contributed by atoms with van der Waals surface area (Å²) in [6.07, 6.45) is -1.83. The molecule has 0 aliphatic carbocycles. The summed E-state index contributed by atoms with van der Waals surface area (Å²) in [4.78, 5) is 25.7. The first-order valence-electron chi connectivity index (χ1n) is 4.92. The van der Waals surface area contributed by atoms with Crippen molar-refractivity contribution in [2.24, 2.45) is 0 Å². The number of fused-ring (bicyclic) bond motifs is 1. The number of hydrogen-bond acceptors (Lipinski definition) is 6. The molecule has 0 spiro atoms. The zero-order valence-electron chi connectivity index (χ0n) is 9.28. The lowest BCUT2D eigenvalue weighted by atomic mass is 10.2. The second kappa shape index (κ2) is 4.46. The molecule has 0 bridgehead atoms. The van der Waals surface area contributed by atoms with Crippen molar-refractivity contribution >= 4 is 23.0 Å². The number of esters is 1. The fraction of sp³-hybridized carbons (Fsp3) is 0.182. The molecule has 94 valence electrons. The number of methoxy groups -OCH3 is 1. The van der Waals surface area contributed by atoms with Crippen LogP contribution in [0.2, 0.25) is 0 Å². The number of nitrogens with zero attached hydrogens (tertiary/aromatic N) is 1. The molecule has 1 heterocycles. The molecule has 0 aliphatic heterocycles. The normalized spacial score (nSPS) is 12.3. The third-order valence-corrected chi connectivity index (χ3v) is 2.29. The first-order valence-corrected chi connectivity index (χ1v) is 4.92. The summed E-state index contributed by atoms with van der Waals surface area (Å²) in [5.74, 6) is -2.34. The number of aliphatic hydroxyl groups excluding tert-OH is 1. The highest BCUT2D eigenvalue weighted by molar-refractivity contribution is 5.93. The van der Waals surface area contributed by atoms with Crippen LogP contribution in [0.15, 0.2) is 22.6 Å². The minimum atomic E-state index is -1.83. The summed E-state index contributed by atoms with van der Waals surface area (Å²) in [6, 6.07) is 4.30. The van der Waals surface area contributed by atoms with Crippen LogP contribution in [0.5, 0.6) is 0 Å². The summed E-state index contributed by atoms with van der Waals surface area (Å²) in [5, 5.41) is 17.9. The Labute approximate surface area is 101 Å². The van der Waals surface area contributed by atoms with E-state index in [1.807, 2.05) is 0 Å². The predicted molar refractivity (Wildman–Crippen MR) is 57.9 cm³/mol. The zero-order chi connectivity index (χ0) is 13.3. The molecule has 0 radical (unpaired) electrons. The molecule has 0 aliphatic rings. The van der Waals surface area contributed by atoms with Gasteiger partial charge in [0.05, 0.1) is 12.7 Å². The Hall–Kier alpha value is -2.41. The molecule has 0 saturated heterocycles. The smallest absolute Gasteiger partial charge is 0.342 e. The van der Waals surface area contributed by atoms with Gasteiger partial charge in [0.25, 0.3) is 0 Å². The van der Waals surface area contributed by atoms with Crippen molar-refractivity contribution in [3.05, 3.63) is 29.7 Å². The molecule has 1 atom stereocenters. The van der Waals surface area contributed by atoms with E-state index in [-0.39, 0.29) is 22.6 Å². The van der Waals surface area contributed by atoms with Crippen molar-refractivity contribution in [3.63, 3.8) is 0 Å². The molecule has 0 amide bonds. The first kappa shape index (κ1) is 12.1. The van der Waals surface area contributed by atoms with E-state index in [0.717, 1.165) is 0 Å². The van der Waals surface area contributed by atoms with Crippen LogP contribution in [0.25, 0.3) is 11.1 Å². The molecule has 2 N–H and O–H groups in total. The van der Waals surface area contributed by atoms with Crippen molar-refractivity contribution in [1.82, 2.24) is 4.98 Å². The van der Waals surface area contributed by atoms with Gasteiger partial charge in [-0.2, -0.15) is 0 Å². The van der Waals surface area contributed by atoms with E-state index >= 15 is 0 Å². The monoisotopic (exact) mass is 251 g/mol. The minimum Gasteiger partial charge on any atom is -0.479 e. The lowest BCUT2D eigenvalue weighted by Gasteiger charge is -1.96. The van der Waals surface area contributed by atoms with Gasteiger partial charge in [-0.25, -0.2) is 14.6 Å². The largest absolute Gasteiger partial charge is 0.479 e. The number of rotatable bonds is 3. The van der Waals surface area contributed by atoms with Crippen LogP contribution in [0.1, 0.15) is 22.4 Å². The highest BCUT2D eigenvalue weighted by Gasteiger charge is 2.22. The Morgan fingerprint density at radius 3 is 2.78 bits per heavy atom. The van der Waals surface area contributed by atoms with Crippen LogP contribution in [-0.2, 0) is 9.53 Å². The Bertz CT molecular complexity index is 617. The van der Waals surface area contributed by atoms with Crippen molar-refractivity contribution in [2.75, 3.05) is 7.11 Å². The van der Waals surface area contributed by atoms with Crippen LogP contribution in [0.4, 0.5) is 0 Å². The number of benzene rings is 1. The van der Waals surface area contributed by atoms with Gasteiger partial charge in [-0.05, 0) is 18.2 Å². The number of carbonyl (C=O) groups is 2. The number of aliphatic hydroxyl groups is 1. The quantitative estimate of drug-likeness (QED) is 0.773. The van der Waals surface area contributed by atoms with E-state index in [4.69, 9.17) is 9.52 Å². The van der Waals surface area contributed by atoms with Gasteiger partial charge < -0.3 is 19.4 Å². The highest BCUT2D eigenvalue weighted by Crippen LogP contribution is 2.21. The predicted octanol–water partition coefficient (Wildman–Crippen LogP) is 0.732. The van der Waals surface area contributed by atoms with Crippen LogP contribution in [-0.4, -0.2) is 34.2 Å². The highest BCUT2D eigenvalue weighted by atomic mass is 16.5. The zero-order valence-corrected chi connectivity index (χ0v) is 9.28. The maximum absolute atomic E-state index is 11.3. The fourth-order valence-electron chi connectivity index (χ4n) is 1.41. The average molecular weight is 251 g/mol. The molecular formula is C11H9NO6. The van der Waals surface area contributed by atoms with Crippen LogP contribution in [0.3, 0.4) is 0 Å². The van der Waals surface area contributed by atoms with Gasteiger partial charge in [0.1, 0.15) is 5.52 Å². The van der Waals surface area contributed by atoms with Gasteiger partial charge in [-0.15, -0.1) is 0 Å². The maximum Gasteiger partial charge on any atom is 0.342 e. The number of aromatic nitrogens is 1. The van der Waals surface area contributed by atoms with Crippen molar-refractivity contribution in [1.29, 1.82) is 0 Å². The second-order valence-electron chi connectivity index (χ2n) is 3.47. The first-order chi connectivity index (χ1) is 8.52. The number of hydrogen-bond donors (Lipinski definition) is 2. The molecule has 2 aromatic rings. The molecule has 1 aromatic heterocycles. The molecule has 1 aromatic carbocycles. The molecular weight excluding hydrogens is 242 g/mol. The molecule has 18 heavy (non-hydrogen) atoms. The van der Waals surface area contributed by atoms with Gasteiger partial charge in [-0.1, -0.05) is 0 Å². The summed E-state index contributed by atoms with van der Waals surface area (Å²) in [7, 11) is 1.24. The molecule has 2 rings (SSSR count). The Kier molecular flexibility index (Phi) is 2.99. The Morgan fingerprint density at radius 1 is 1.44 bits per heavy atom. The summed E-state index contributed by atoms with van der Waals surface area (Å²) >= 11 is 0. The Morgan fingerprint density at radius 2 is 2.17 bits per heavy atom. The van der Waals surface area contributed by atoms with E-state index in [9.17, 15) is 14.7 Å². The van der Waals surface area contributed by atoms with Crippen molar-refractivity contribution in [2.45, 2.75) is 6.10 Å². The third-order valence-electron chi connectivity index (χ3n) is 2.29. The number of carboxylic acids is 1. The standard InChI is InChI=1S/C11H9NO6/c1-17-11(16)5-2-3-7-6(4-5)12-9(18-7)8(13)10(14)15/h2-4,8,13H,1H3,(H,14,15). The van der Waals surface area contributed by atoms with Crippen LogP contribution >= 0.6 is 0 Å². The number of ether oxygens (including phenoxy) is 1. The number of carbonyl (C=O) groups excluding carboxylic acids is 1. The third kappa shape index (κ3) is 2.03.